The van der Waals surface area contributed by atoms with Crippen LogP contribution in [0.5, 0.6) is 0 Å². The average molecular weight is 266 g/mol. The van der Waals surface area contributed by atoms with E-state index in [2.05, 4.69) is 24.1 Å². The third kappa shape index (κ3) is 3.01. The maximum absolute atomic E-state index is 11.8. The molecule has 2 aromatic rings. The van der Waals surface area contributed by atoms with Gasteiger partial charge in [-0.1, -0.05) is 13.8 Å². The topological polar surface area (TPSA) is 49.6 Å². The average Bonchev–Trinajstić information content (AvgIpc) is 2.84. The zero-order valence-corrected chi connectivity index (χ0v) is 11.7. The van der Waals surface area contributed by atoms with E-state index < -0.39 is 0 Å². The zero-order valence-electron chi connectivity index (χ0n) is 10.9. The first kappa shape index (κ1) is 12.9. The number of thiazole rings is 1. The van der Waals surface area contributed by atoms with E-state index in [0.29, 0.717) is 12.5 Å². The van der Waals surface area contributed by atoms with Gasteiger partial charge in [-0.15, -0.1) is 11.3 Å². The number of nitrogens with zero attached hydrogens (tertiary/aromatic N) is 3. The molecule has 0 saturated carbocycles. The van der Waals surface area contributed by atoms with Crippen LogP contribution in [0.2, 0.25) is 0 Å². The molecule has 0 radical (unpaired) electrons. The standard InChI is InChI=1S/C12H18N4OS/c1-9(2)7-15(3)11(17)13-6-10-8-16-4-5-18-12(16)14-10/h4-5,8-9H,6-7H2,1-3H3,(H,13,17). The molecule has 2 aromatic heterocycles. The van der Waals surface area contributed by atoms with Crippen LogP contribution in [0, 0.1) is 5.92 Å². The second-order valence-corrected chi connectivity index (χ2v) is 5.63. The first-order chi connectivity index (χ1) is 8.56. The van der Waals surface area contributed by atoms with Crippen LogP contribution in [0.3, 0.4) is 0 Å². The van der Waals surface area contributed by atoms with Crippen LogP contribution in [0.1, 0.15) is 19.5 Å². The Kier molecular flexibility index (Phi) is 3.86. The van der Waals surface area contributed by atoms with Gasteiger partial charge >= 0.3 is 6.03 Å². The molecule has 0 aliphatic heterocycles. The number of aromatic nitrogens is 2. The zero-order chi connectivity index (χ0) is 13.1. The van der Waals surface area contributed by atoms with Gasteiger partial charge in [-0.05, 0) is 5.92 Å². The number of fused-ring (bicyclic) bond motifs is 1. The van der Waals surface area contributed by atoms with Gasteiger partial charge in [-0.2, -0.15) is 0 Å². The maximum Gasteiger partial charge on any atom is 0.317 e. The molecule has 0 fully saturated rings. The fraction of sp³-hybridized carbons (Fsp3) is 0.500. The lowest BCUT2D eigenvalue weighted by Crippen LogP contribution is -2.38. The summed E-state index contributed by atoms with van der Waals surface area (Å²) >= 11 is 1.59. The van der Waals surface area contributed by atoms with Crippen molar-refractivity contribution < 1.29 is 4.79 Å². The van der Waals surface area contributed by atoms with Crippen molar-refractivity contribution in [3.8, 4) is 0 Å². The highest BCUT2D eigenvalue weighted by Gasteiger charge is 2.10. The van der Waals surface area contributed by atoms with Gasteiger partial charge in [0.15, 0.2) is 4.96 Å². The Morgan fingerprint density at radius 3 is 3.06 bits per heavy atom. The molecule has 2 amide bonds. The fourth-order valence-electron chi connectivity index (χ4n) is 1.79. The molecular weight excluding hydrogens is 248 g/mol. The summed E-state index contributed by atoms with van der Waals surface area (Å²) in [6, 6.07) is -0.0555. The summed E-state index contributed by atoms with van der Waals surface area (Å²) in [5, 5.41) is 4.86. The van der Waals surface area contributed by atoms with E-state index in [9.17, 15) is 4.79 Å². The second-order valence-electron chi connectivity index (χ2n) is 4.76. The third-order valence-corrected chi connectivity index (χ3v) is 3.32. The lowest BCUT2D eigenvalue weighted by Gasteiger charge is -2.19. The van der Waals surface area contributed by atoms with E-state index in [1.54, 1.807) is 23.3 Å². The maximum atomic E-state index is 11.8. The number of amides is 2. The van der Waals surface area contributed by atoms with E-state index in [0.717, 1.165) is 17.2 Å². The number of hydrogen-bond donors (Lipinski definition) is 1. The minimum Gasteiger partial charge on any atom is -0.332 e. The van der Waals surface area contributed by atoms with Crippen molar-refractivity contribution in [2.45, 2.75) is 20.4 Å². The summed E-state index contributed by atoms with van der Waals surface area (Å²) in [5.41, 5.74) is 0.883. The van der Waals surface area contributed by atoms with Gasteiger partial charge in [0.05, 0.1) is 12.2 Å². The van der Waals surface area contributed by atoms with Crippen molar-refractivity contribution in [1.82, 2.24) is 19.6 Å². The van der Waals surface area contributed by atoms with Crippen LogP contribution in [-0.2, 0) is 6.54 Å². The smallest absolute Gasteiger partial charge is 0.317 e. The molecule has 2 heterocycles. The van der Waals surface area contributed by atoms with Gasteiger partial charge in [0.25, 0.3) is 0 Å². The van der Waals surface area contributed by atoms with Crippen molar-refractivity contribution in [3.63, 3.8) is 0 Å². The molecule has 5 nitrogen and oxygen atoms in total. The highest BCUT2D eigenvalue weighted by Crippen LogP contribution is 2.11. The normalized spacial score (nSPS) is 11.1. The number of urea groups is 1. The van der Waals surface area contributed by atoms with Crippen molar-refractivity contribution in [3.05, 3.63) is 23.5 Å². The van der Waals surface area contributed by atoms with Crippen molar-refractivity contribution in [2.24, 2.45) is 5.92 Å². The summed E-state index contributed by atoms with van der Waals surface area (Å²) in [5.74, 6) is 0.471. The minimum absolute atomic E-state index is 0.0555. The van der Waals surface area contributed by atoms with E-state index in [1.807, 2.05) is 22.2 Å². The fourth-order valence-corrected chi connectivity index (χ4v) is 2.51. The SMILES string of the molecule is CC(C)CN(C)C(=O)NCc1cn2ccsc2n1. The Morgan fingerprint density at radius 1 is 1.61 bits per heavy atom. The first-order valence-corrected chi connectivity index (χ1v) is 6.84. The molecule has 0 aliphatic carbocycles. The van der Waals surface area contributed by atoms with Crippen LogP contribution in [0.4, 0.5) is 4.79 Å². The van der Waals surface area contributed by atoms with Gasteiger partial charge in [-0.3, -0.25) is 4.40 Å². The molecule has 2 rings (SSSR count). The number of imidazole rings is 1. The Balaban J connectivity index is 1.87. The van der Waals surface area contributed by atoms with Crippen LogP contribution >= 0.6 is 11.3 Å². The van der Waals surface area contributed by atoms with Gasteiger partial charge in [-0.25, -0.2) is 9.78 Å². The molecule has 0 unspecified atom stereocenters. The molecular formula is C12H18N4OS. The molecule has 0 spiro atoms. The largest absolute Gasteiger partial charge is 0.332 e. The molecule has 0 aliphatic rings. The summed E-state index contributed by atoms with van der Waals surface area (Å²) < 4.78 is 1.96. The van der Waals surface area contributed by atoms with Crippen molar-refractivity contribution >= 4 is 22.3 Å². The highest BCUT2D eigenvalue weighted by molar-refractivity contribution is 7.15. The van der Waals surface area contributed by atoms with Crippen LogP contribution in [0.25, 0.3) is 4.96 Å². The summed E-state index contributed by atoms with van der Waals surface area (Å²) in [6.45, 7) is 5.40. The second kappa shape index (κ2) is 5.39. The summed E-state index contributed by atoms with van der Waals surface area (Å²) in [7, 11) is 1.81. The Morgan fingerprint density at radius 2 is 2.39 bits per heavy atom. The highest BCUT2D eigenvalue weighted by atomic mass is 32.1. The summed E-state index contributed by atoms with van der Waals surface area (Å²) in [6.07, 6.45) is 3.90. The molecule has 0 bridgehead atoms. The number of rotatable bonds is 4. The van der Waals surface area contributed by atoms with Crippen LogP contribution in [0.15, 0.2) is 17.8 Å². The summed E-state index contributed by atoms with van der Waals surface area (Å²) in [4.78, 5) is 18.9. The van der Waals surface area contributed by atoms with E-state index >= 15 is 0 Å². The quantitative estimate of drug-likeness (QED) is 0.922. The molecule has 18 heavy (non-hydrogen) atoms. The third-order valence-electron chi connectivity index (χ3n) is 2.55. The van der Waals surface area contributed by atoms with Crippen LogP contribution in [-0.4, -0.2) is 33.9 Å². The van der Waals surface area contributed by atoms with Gasteiger partial charge in [0.1, 0.15) is 0 Å². The molecule has 6 heteroatoms. The Labute approximate surface area is 110 Å². The van der Waals surface area contributed by atoms with Gasteiger partial charge in [0, 0.05) is 31.4 Å². The number of carbonyl (C=O) groups excluding carboxylic acids is 1. The van der Waals surface area contributed by atoms with Gasteiger partial charge in [0.2, 0.25) is 0 Å². The number of carbonyl (C=O) groups is 1. The van der Waals surface area contributed by atoms with Crippen LogP contribution < -0.4 is 5.32 Å². The van der Waals surface area contributed by atoms with Gasteiger partial charge < -0.3 is 10.2 Å². The lowest BCUT2D eigenvalue weighted by atomic mass is 10.2. The molecule has 1 N–H and O–H groups in total. The van der Waals surface area contributed by atoms with Crippen molar-refractivity contribution in [2.75, 3.05) is 13.6 Å². The molecule has 0 aromatic carbocycles. The van der Waals surface area contributed by atoms with E-state index in [4.69, 9.17) is 0 Å². The van der Waals surface area contributed by atoms with E-state index in [1.165, 1.54) is 0 Å². The minimum atomic E-state index is -0.0555. The molecule has 0 atom stereocenters. The predicted molar refractivity (Wildman–Crippen MR) is 72.8 cm³/mol. The Hall–Kier alpha value is -1.56. The monoisotopic (exact) mass is 266 g/mol. The predicted octanol–water partition coefficient (Wildman–Crippen LogP) is 2.19. The molecule has 98 valence electrons. The van der Waals surface area contributed by atoms with E-state index in [-0.39, 0.29) is 6.03 Å². The number of nitrogens with one attached hydrogen (secondary N) is 1. The molecule has 0 saturated heterocycles. The lowest BCUT2D eigenvalue weighted by molar-refractivity contribution is 0.203. The number of hydrogen-bond acceptors (Lipinski definition) is 3. The first-order valence-electron chi connectivity index (χ1n) is 5.96. The Bertz CT molecular complexity index is 502. The van der Waals surface area contributed by atoms with Crippen molar-refractivity contribution in [1.29, 1.82) is 0 Å².